The SMILES string of the molecule is O=C(O)CCCNC(=O)N1CCC(Oc2ccncc2)C1. The molecule has 114 valence electrons. The molecule has 2 amide bonds. The Bertz CT molecular complexity index is 480. The molecule has 2 N–H and O–H groups in total. The molecule has 0 aliphatic carbocycles. The van der Waals surface area contributed by atoms with Crippen molar-refractivity contribution in [2.24, 2.45) is 0 Å². The summed E-state index contributed by atoms with van der Waals surface area (Å²) in [5, 5.41) is 11.2. The minimum absolute atomic E-state index is 0.0165. The van der Waals surface area contributed by atoms with Crippen LogP contribution in [-0.4, -0.2) is 52.7 Å². The molecule has 21 heavy (non-hydrogen) atoms. The van der Waals surface area contributed by atoms with Crippen LogP contribution < -0.4 is 10.1 Å². The number of aliphatic carboxylic acids is 1. The molecule has 7 nitrogen and oxygen atoms in total. The maximum Gasteiger partial charge on any atom is 0.317 e. The second kappa shape index (κ2) is 7.47. The zero-order chi connectivity index (χ0) is 15.1. The lowest BCUT2D eigenvalue weighted by Crippen LogP contribution is -2.39. The Morgan fingerprint density at radius 2 is 2.19 bits per heavy atom. The fraction of sp³-hybridized carbons (Fsp3) is 0.500. The monoisotopic (exact) mass is 293 g/mol. The highest BCUT2D eigenvalue weighted by atomic mass is 16.5. The van der Waals surface area contributed by atoms with Crippen LogP contribution in [0.25, 0.3) is 0 Å². The minimum atomic E-state index is -0.851. The molecule has 1 atom stereocenters. The Labute approximate surface area is 122 Å². The first-order valence-electron chi connectivity index (χ1n) is 6.96. The summed E-state index contributed by atoms with van der Waals surface area (Å²) in [7, 11) is 0. The van der Waals surface area contributed by atoms with E-state index in [2.05, 4.69) is 10.3 Å². The third-order valence-corrected chi connectivity index (χ3v) is 3.23. The van der Waals surface area contributed by atoms with Crippen LogP contribution in [0, 0.1) is 0 Å². The zero-order valence-corrected chi connectivity index (χ0v) is 11.7. The van der Waals surface area contributed by atoms with Crippen molar-refractivity contribution in [1.29, 1.82) is 0 Å². The third kappa shape index (κ3) is 4.94. The summed E-state index contributed by atoms with van der Waals surface area (Å²) in [6.07, 6.45) is 4.59. The van der Waals surface area contributed by atoms with Crippen molar-refractivity contribution in [2.45, 2.75) is 25.4 Å². The van der Waals surface area contributed by atoms with Gasteiger partial charge in [-0.15, -0.1) is 0 Å². The van der Waals surface area contributed by atoms with Gasteiger partial charge >= 0.3 is 12.0 Å². The Morgan fingerprint density at radius 3 is 2.90 bits per heavy atom. The number of carboxylic acids is 1. The van der Waals surface area contributed by atoms with Crippen molar-refractivity contribution >= 4 is 12.0 Å². The highest BCUT2D eigenvalue weighted by molar-refractivity contribution is 5.74. The van der Waals surface area contributed by atoms with Crippen molar-refractivity contribution in [3.05, 3.63) is 24.5 Å². The van der Waals surface area contributed by atoms with Crippen molar-refractivity contribution in [3.8, 4) is 5.75 Å². The van der Waals surface area contributed by atoms with Crippen LogP contribution in [0.15, 0.2) is 24.5 Å². The van der Waals surface area contributed by atoms with Gasteiger partial charge in [-0.2, -0.15) is 0 Å². The van der Waals surface area contributed by atoms with E-state index in [9.17, 15) is 9.59 Å². The number of hydrogen-bond donors (Lipinski definition) is 2. The average molecular weight is 293 g/mol. The lowest BCUT2D eigenvalue weighted by Gasteiger charge is -2.17. The molecule has 1 saturated heterocycles. The first kappa shape index (κ1) is 15.1. The van der Waals surface area contributed by atoms with E-state index in [1.807, 2.05) is 0 Å². The van der Waals surface area contributed by atoms with E-state index in [1.54, 1.807) is 29.4 Å². The van der Waals surface area contributed by atoms with E-state index < -0.39 is 5.97 Å². The van der Waals surface area contributed by atoms with E-state index in [0.717, 1.165) is 12.2 Å². The Morgan fingerprint density at radius 1 is 1.43 bits per heavy atom. The Balaban J connectivity index is 1.69. The van der Waals surface area contributed by atoms with Crippen LogP contribution in [0.5, 0.6) is 5.75 Å². The van der Waals surface area contributed by atoms with Crippen LogP contribution in [0.4, 0.5) is 4.79 Å². The molecule has 0 saturated carbocycles. The normalized spacial score (nSPS) is 17.5. The molecule has 1 aromatic rings. The number of nitrogens with one attached hydrogen (secondary N) is 1. The Hall–Kier alpha value is -2.31. The van der Waals surface area contributed by atoms with E-state index >= 15 is 0 Å². The molecule has 0 aromatic carbocycles. The number of carbonyl (C=O) groups excluding carboxylic acids is 1. The molecule has 1 aliphatic rings. The van der Waals surface area contributed by atoms with Gasteiger partial charge in [0.1, 0.15) is 11.9 Å². The van der Waals surface area contributed by atoms with E-state index in [4.69, 9.17) is 9.84 Å². The standard InChI is InChI=1S/C14H19N3O4/c18-13(19)2-1-6-16-14(20)17-9-5-12(10-17)21-11-3-7-15-8-4-11/h3-4,7-8,12H,1-2,5-6,9-10H2,(H,16,20)(H,18,19). The van der Waals surface area contributed by atoms with Gasteiger partial charge in [0.25, 0.3) is 0 Å². The Kier molecular flexibility index (Phi) is 5.36. The van der Waals surface area contributed by atoms with Crippen LogP contribution in [-0.2, 0) is 4.79 Å². The van der Waals surface area contributed by atoms with Gasteiger partial charge < -0.3 is 20.1 Å². The molecule has 0 bridgehead atoms. The van der Waals surface area contributed by atoms with Crippen LogP contribution in [0.2, 0.25) is 0 Å². The maximum atomic E-state index is 11.9. The first-order valence-corrected chi connectivity index (χ1v) is 6.96. The molecule has 0 spiro atoms. The number of likely N-dealkylation sites (tertiary alicyclic amines) is 1. The molecule has 0 radical (unpaired) electrons. The lowest BCUT2D eigenvalue weighted by atomic mass is 10.3. The van der Waals surface area contributed by atoms with Crippen molar-refractivity contribution < 1.29 is 19.4 Å². The summed E-state index contributed by atoms with van der Waals surface area (Å²) in [5.41, 5.74) is 0. The molecule has 1 aromatic heterocycles. The minimum Gasteiger partial charge on any atom is -0.488 e. The molecule has 1 fully saturated rings. The van der Waals surface area contributed by atoms with Crippen LogP contribution >= 0.6 is 0 Å². The third-order valence-electron chi connectivity index (χ3n) is 3.23. The largest absolute Gasteiger partial charge is 0.488 e. The fourth-order valence-electron chi connectivity index (χ4n) is 2.16. The number of pyridine rings is 1. The highest BCUT2D eigenvalue weighted by Crippen LogP contribution is 2.17. The molecule has 1 aliphatic heterocycles. The van der Waals surface area contributed by atoms with Gasteiger partial charge in [0.05, 0.1) is 6.54 Å². The molecule has 7 heteroatoms. The molecular formula is C14H19N3O4. The second-order valence-electron chi connectivity index (χ2n) is 4.89. The van der Waals surface area contributed by atoms with Gasteiger partial charge in [0.2, 0.25) is 0 Å². The number of amides is 2. The van der Waals surface area contributed by atoms with Crippen LogP contribution in [0.1, 0.15) is 19.3 Å². The molecule has 1 unspecified atom stereocenters. The number of hydrogen-bond acceptors (Lipinski definition) is 4. The quantitative estimate of drug-likeness (QED) is 0.767. The molecular weight excluding hydrogens is 274 g/mol. The highest BCUT2D eigenvalue weighted by Gasteiger charge is 2.27. The van der Waals surface area contributed by atoms with Gasteiger partial charge in [0, 0.05) is 38.3 Å². The second-order valence-corrected chi connectivity index (χ2v) is 4.89. The summed E-state index contributed by atoms with van der Waals surface area (Å²) in [6.45, 7) is 1.55. The van der Waals surface area contributed by atoms with E-state index in [0.29, 0.717) is 26.1 Å². The predicted octanol–water partition coefficient (Wildman–Crippen LogP) is 1.11. The number of aromatic nitrogens is 1. The van der Waals surface area contributed by atoms with Gasteiger partial charge in [-0.3, -0.25) is 9.78 Å². The smallest absolute Gasteiger partial charge is 0.317 e. The van der Waals surface area contributed by atoms with Crippen molar-refractivity contribution in [2.75, 3.05) is 19.6 Å². The van der Waals surface area contributed by atoms with Crippen LogP contribution in [0.3, 0.4) is 0 Å². The lowest BCUT2D eigenvalue weighted by molar-refractivity contribution is -0.137. The number of carbonyl (C=O) groups is 2. The van der Waals surface area contributed by atoms with Gasteiger partial charge in [0.15, 0.2) is 0 Å². The number of carboxylic acid groups (broad SMARTS) is 1. The summed E-state index contributed by atoms with van der Waals surface area (Å²) < 4.78 is 5.77. The summed E-state index contributed by atoms with van der Waals surface area (Å²) in [4.78, 5) is 27.9. The van der Waals surface area contributed by atoms with Crippen molar-refractivity contribution in [1.82, 2.24) is 15.2 Å². The summed E-state index contributed by atoms with van der Waals surface area (Å²) in [5.74, 6) is -0.102. The number of nitrogens with zero attached hydrogens (tertiary/aromatic N) is 2. The zero-order valence-electron chi connectivity index (χ0n) is 11.7. The first-order chi connectivity index (χ1) is 10.1. The number of rotatable bonds is 6. The molecule has 2 rings (SSSR count). The van der Waals surface area contributed by atoms with E-state index in [-0.39, 0.29) is 18.6 Å². The van der Waals surface area contributed by atoms with Gasteiger partial charge in [-0.1, -0.05) is 0 Å². The fourth-order valence-corrected chi connectivity index (χ4v) is 2.16. The predicted molar refractivity (Wildman–Crippen MR) is 75.1 cm³/mol. The summed E-state index contributed by atoms with van der Waals surface area (Å²) in [6, 6.07) is 3.41. The van der Waals surface area contributed by atoms with Gasteiger partial charge in [-0.25, -0.2) is 4.79 Å². The average Bonchev–Trinajstić information content (AvgIpc) is 2.93. The molecule has 2 heterocycles. The van der Waals surface area contributed by atoms with E-state index in [1.165, 1.54) is 0 Å². The topological polar surface area (TPSA) is 91.8 Å². The van der Waals surface area contributed by atoms with Gasteiger partial charge in [-0.05, 0) is 18.6 Å². The number of ether oxygens (including phenoxy) is 1. The van der Waals surface area contributed by atoms with Crippen molar-refractivity contribution in [3.63, 3.8) is 0 Å². The maximum absolute atomic E-state index is 11.9. The summed E-state index contributed by atoms with van der Waals surface area (Å²) >= 11 is 0. The number of urea groups is 1.